The van der Waals surface area contributed by atoms with Gasteiger partial charge in [-0.05, 0) is 30.2 Å². The molecule has 2 aromatic rings. The number of carbonyl (C=O) groups excluding carboxylic acids is 1. The van der Waals surface area contributed by atoms with Crippen LogP contribution in [0.15, 0.2) is 42.9 Å². The molecule has 2 rings (SSSR count). The van der Waals surface area contributed by atoms with Crippen molar-refractivity contribution in [1.29, 1.82) is 0 Å². The molecule has 2 aromatic heterocycles. The van der Waals surface area contributed by atoms with Crippen molar-refractivity contribution in [2.24, 2.45) is 5.73 Å². The Bertz CT molecular complexity index is 522. The van der Waals surface area contributed by atoms with Crippen molar-refractivity contribution in [2.75, 3.05) is 0 Å². The van der Waals surface area contributed by atoms with Crippen LogP contribution in [0.3, 0.4) is 0 Å². The van der Waals surface area contributed by atoms with E-state index in [1.165, 1.54) is 0 Å². The lowest BCUT2D eigenvalue weighted by atomic mass is 10.0. The first kappa shape index (κ1) is 12.2. The Labute approximate surface area is 106 Å². The number of hydrogen-bond acceptors (Lipinski definition) is 3. The van der Waals surface area contributed by atoms with Gasteiger partial charge >= 0.3 is 0 Å². The maximum Gasteiger partial charge on any atom is 0.226 e. The molecule has 2 N–H and O–H groups in total. The summed E-state index contributed by atoms with van der Waals surface area (Å²) >= 11 is 0. The minimum absolute atomic E-state index is 0.350. The lowest BCUT2D eigenvalue weighted by Gasteiger charge is -2.07. The molecule has 1 amide bonds. The van der Waals surface area contributed by atoms with Gasteiger partial charge in [0.1, 0.15) is 0 Å². The largest absolute Gasteiger partial charge is 0.369 e. The normalized spacial score (nSPS) is 12.1. The number of nitrogens with two attached hydrogens (primary N) is 1. The van der Waals surface area contributed by atoms with Gasteiger partial charge in [-0.25, -0.2) is 0 Å². The average molecular weight is 241 g/mol. The molecule has 0 fully saturated rings. The van der Waals surface area contributed by atoms with Crippen molar-refractivity contribution in [3.05, 3.63) is 59.7 Å². The Morgan fingerprint density at radius 3 is 2.61 bits per heavy atom. The molecule has 92 valence electrons. The minimum Gasteiger partial charge on any atom is -0.369 e. The van der Waals surface area contributed by atoms with Gasteiger partial charge in [-0.1, -0.05) is 12.1 Å². The second-order valence-corrected chi connectivity index (χ2v) is 4.25. The van der Waals surface area contributed by atoms with Crippen molar-refractivity contribution in [1.82, 2.24) is 9.97 Å². The summed E-state index contributed by atoms with van der Waals surface area (Å²) in [6.45, 7) is 1.76. The Balaban J connectivity index is 2.11. The lowest BCUT2D eigenvalue weighted by molar-refractivity contribution is -0.119. The summed E-state index contributed by atoms with van der Waals surface area (Å²) in [6.07, 6.45) is 6.15. The van der Waals surface area contributed by atoms with Crippen molar-refractivity contribution >= 4 is 5.91 Å². The predicted molar refractivity (Wildman–Crippen MR) is 68.9 cm³/mol. The maximum atomic E-state index is 11.0. The second kappa shape index (κ2) is 5.40. The van der Waals surface area contributed by atoms with Crippen LogP contribution in [0.25, 0.3) is 0 Å². The van der Waals surface area contributed by atoms with E-state index >= 15 is 0 Å². The fourth-order valence-corrected chi connectivity index (χ4v) is 1.68. The van der Waals surface area contributed by atoms with Gasteiger partial charge in [0.05, 0.1) is 11.6 Å². The molecular formula is C14H15N3O. The van der Waals surface area contributed by atoms with Crippen LogP contribution >= 0.6 is 0 Å². The van der Waals surface area contributed by atoms with Gasteiger partial charge in [0.15, 0.2) is 0 Å². The molecule has 0 radical (unpaired) electrons. The molecule has 0 aliphatic heterocycles. The molecular weight excluding hydrogens is 226 g/mol. The van der Waals surface area contributed by atoms with Crippen molar-refractivity contribution < 1.29 is 4.79 Å². The van der Waals surface area contributed by atoms with Crippen LogP contribution in [0.1, 0.15) is 29.7 Å². The fraction of sp³-hybridized carbons (Fsp3) is 0.214. The van der Waals surface area contributed by atoms with Gasteiger partial charge in [0.2, 0.25) is 5.91 Å². The van der Waals surface area contributed by atoms with Gasteiger partial charge < -0.3 is 5.73 Å². The van der Waals surface area contributed by atoms with Crippen LogP contribution in [-0.4, -0.2) is 15.9 Å². The van der Waals surface area contributed by atoms with E-state index in [4.69, 9.17) is 5.73 Å². The Kier molecular flexibility index (Phi) is 3.67. The smallest absolute Gasteiger partial charge is 0.226 e. The van der Waals surface area contributed by atoms with E-state index in [1.54, 1.807) is 19.3 Å². The first-order valence-electron chi connectivity index (χ1n) is 5.80. The molecule has 1 unspecified atom stereocenters. The number of aromatic nitrogens is 2. The Hall–Kier alpha value is -2.23. The van der Waals surface area contributed by atoms with E-state index in [2.05, 4.69) is 9.97 Å². The van der Waals surface area contributed by atoms with E-state index in [-0.39, 0.29) is 11.8 Å². The number of hydrogen-bond donors (Lipinski definition) is 1. The van der Waals surface area contributed by atoms with Crippen molar-refractivity contribution in [3.8, 4) is 0 Å². The highest BCUT2D eigenvalue weighted by atomic mass is 16.1. The summed E-state index contributed by atoms with van der Waals surface area (Å²) in [4.78, 5) is 19.4. The van der Waals surface area contributed by atoms with Crippen LogP contribution in [0.4, 0.5) is 0 Å². The molecule has 0 aliphatic carbocycles. The summed E-state index contributed by atoms with van der Waals surface area (Å²) < 4.78 is 0. The third kappa shape index (κ3) is 2.91. The third-order valence-corrected chi connectivity index (χ3v) is 2.85. The summed E-state index contributed by atoms with van der Waals surface area (Å²) in [7, 11) is 0. The van der Waals surface area contributed by atoms with Gasteiger partial charge in [-0.3, -0.25) is 14.8 Å². The summed E-state index contributed by atoms with van der Waals surface area (Å²) in [6, 6.07) is 7.75. The second-order valence-electron chi connectivity index (χ2n) is 4.25. The predicted octanol–water partition coefficient (Wildman–Crippen LogP) is 1.66. The number of primary amides is 1. The zero-order valence-corrected chi connectivity index (χ0v) is 10.2. The highest BCUT2D eigenvalue weighted by molar-refractivity contribution is 5.80. The first-order chi connectivity index (χ1) is 8.66. The van der Waals surface area contributed by atoms with Crippen LogP contribution in [0, 0.1) is 0 Å². The fourth-order valence-electron chi connectivity index (χ4n) is 1.68. The summed E-state index contributed by atoms with van der Waals surface area (Å²) in [5.74, 6) is -0.708. The van der Waals surface area contributed by atoms with E-state index < -0.39 is 0 Å². The van der Waals surface area contributed by atoms with Gasteiger partial charge in [-0.2, -0.15) is 0 Å². The molecule has 0 saturated carbocycles. The number of rotatable bonds is 4. The van der Waals surface area contributed by atoms with Crippen LogP contribution < -0.4 is 5.73 Å². The van der Waals surface area contributed by atoms with E-state index in [0.29, 0.717) is 5.69 Å². The number of pyridine rings is 2. The lowest BCUT2D eigenvalue weighted by Crippen LogP contribution is -2.19. The molecule has 2 heterocycles. The van der Waals surface area contributed by atoms with Gasteiger partial charge in [-0.15, -0.1) is 0 Å². The topological polar surface area (TPSA) is 68.9 Å². The molecule has 18 heavy (non-hydrogen) atoms. The number of carbonyl (C=O) groups is 1. The SMILES string of the molecule is CC(C(N)=O)c1ccc(Cc2cccnc2)cn1. The maximum absolute atomic E-state index is 11.0. The standard InChI is InChI=1S/C14H15N3O/c1-10(14(15)18)13-5-4-12(9-17-13)7-11-3-2-6-16-8-11/h2-6,8-10H,7H2,1H3,(H2,15,18). The zero-order chi connectivity index (χ0) is 13.0. The Morgan fingerprint density at radius 2 is 2.06 bits per heavy atom. The van der Waals surface area contributed by atoms with Gasteiger partial charge in [0, 0.05) is 25.0 Å². The molecule has 0 aromatic carbocycles. The summed E-state index contributed by atoms with van der Waals surface area (Å²) in [5, 5.41) is 0. The molecule has 4 heteroatoms. The Morgan fingerprint density at radius 1 is 1.28 bits per heavy atom. The van der Waals surface area contributed by atoms with Crippen molar-refractivity contribution in [3.63, 3.8) is 0 Å². The zero-order valence-electron chi connectivity index (χ0n) is 10.2. The highest BCUT2D eigenvalue weighted by Gasteiger charge is 2.12. The average Bonchev–Trinajstić information content (AvgIpc) is 2.40. The molecule has 1 atom stereocenters. The third-order valence-electron chi connectivity index (χ3n) is 2.85. The van der Waals surface area contributed by atoms with Crippen LogP contribution in [0.5, 0.6) is 0 Å². The van der Waals surface area contributed by atoms with E-state index in [1.807, 2.05) is 30.5 Å². The van der Waals surface area contributed by atoms with E-state index in [9.17, 15) is 4.79 Å². The molecule has 0 spiro atoms. The molecule has 4 nitrogen and oxygen atoms in total. The monoisotopic (exact) mass is 241 g/mol. The molecule has 0 bridgehead atoms. The van der Waals surface area contributed by atoms with E-state index in [0.717, 1.165) is 17.5 Å². The van der Waals surface area contributed by atoms with Crippen molar-refractivity contribution in [2.45, 2.75) is 19.3 Å². The summed E-state index contributed by atoms with van der Waals surface area (Å²) in [5.41, 5.74) is 8.17. The quantitative estimate of drug-likeness (QED) is 0.885. The number of nitrogens with zero attached hydrogens (tertiary/aromatic N) is 2. The van der Waals surface area contributed by atoms with Gasteiger partial charge in [0.25, 0.3) is 0 Å². The highest BCUT2D eigenvalue weighted by Crippen LogP contribution is 2.14. The number of amides is 1. The van der Waals surface area contributed by atoms with Crippen LogP contribution in [-0.2, 0) is 11.2 Å². The van der Waals surface area contributed by atoms with Crippen LogP contribution in [0.2, 0.25) is 0 Å². The first-order valence-corrected chi connectivity index (χ1v) is 5.80. The minimum atomic E-state index is -0.359. The molecule has 0 saturated heterocycles. The molecule has 0 aliphatic rings.